The Kier molecular flexibility index (Phi) is 6.00. The molecule has 2 heteroatoms. The zero-order valence-corrected chi connectivity index (χ0v) is 15.1. The van der Waals surface area contributed by atoms with E-state index in [4.69, 9.17) is 4.99 Å². The van der Waals surface area contributed by atoms with Gasteiger partial charge in [-0.05, 0) is 36.2 Å². The van der Waals surface area contributed by atoms with Crippen LogP contribution in [0.4, 0.5) is 11.4 Å². The second-order valence-electron chi connectivity index (χ2n) is 6.13. The number of hydrogen-bond acceptors (Lipinski definition) is 2. The number of aliphatic imine (C=N–C) groups is 1. The molecule has 0 fully saturated rings. The highest BCUT2D eigenvalue weighted by atomic mass is 15.2. The Labute approximate surface area is 156 Å². The molecule has 3 aromatic carbocycles. The molecule has 0 saturated heterocycles. The van der Waals surface area contributed by atoms with E-state index in [0.717, 1.165) is 17.8 Å². The van der Waals surface area contributed by atoms with E-state index < -0.39 is 0 Å². The minimum absolute atomic E-state index is 0.279. The van der Waals surface area contributed by atoms with Gasteiger partial charge in [-0.2, -0.15) is 0 Å². The van der Waals surface area contributed by atoms with Crippen LogP contribution < -0.4 is 4.90 Å². The summed E-state index contributed by atoms with van der Waals surface area (Å²) in [6.07, 6.45) is 3.01. The Bertz CT molecular complexity index is 800. The standard InChI is InChI=1S/C24H24N2/c1-3-21(22-13-7-4-8-14-22)19-25-20(2)26(23-15-9-5-10-16-23)24-17-11-6-12-18-24/h4-19,21H,2-3H2,1H3. The topological polar surface area (TPSA) is 15.6 Å². The van der Waals surface area contributed by atoms with Crippen LogP contribution in [0.15, 0.2) is 108 Å². The van der Waals surface area contributed by atoms with E-state index in [1.807, 2.05) is 48.7 Å². The number of hydrogen-bond donors (Lipinski definition) is 0. The molecule has 0 amide bonds. The molecule has 26 heavy (non-hydrogen) atoms. The molecule has 2 nitrogen and oxygen atoms in total. The van der Waals surface area contributed by atoms with Gasteiger partial charge in [0.05, 0.1) is 0 Å². The Hall–Kier alpha value is -3.13. The van der Waals surface area contributed by atoms with Gasteiger partial charge in [-0.3, -0.25) is 4.90 Å². The van der Waals surface area contributed by atoms with Crippen molar-refractivity contribution in [3.63, 3.8) is 0 Å². The van der Waals surface area contributed by atoms with E-state index in [1.165, 1.54) is 5.56 Å². The number of nitrogens with zero attached hydrogens (tertiary/aromatic N) is 2. The van der Waals surface area contributed by atoms with Gasteiger partial charge < -0.3 is 0 Å². The first-order valence-electron chi connectivity index (χ1n) is 8.98. The van der Waals surface area contributed by atoms with Crippen LogP contribution in [0.5, 0.6) is 0 Å². The lowest BCUT2D eigenvalue weighted by atomic mass is 9.98. The fraction of sp³-hybridized carbons (Fsp3) is 0.125. The smallest absolute Gasteiger partial charge is 0.129 e. The molecule has 0 aromatic heterocycles. The fourth-order valence-corrected chi connectivity index (χ4v) is 2.96. The van der Waals surface area contributed by atoms with Crippen LogP contribution in [0.25, 0.3) is 0 Å². The third kappa shape index (κ3) is 4.28. The normalized spacial score (nSPS) is 12.0. The van der Waals surface area contributed by atoms with Gasteiger partial charge in [0.25, 0.3) is 0 Å². The Morgan fingerprint density at radius 2 is 1.31 bits per heavy atom. The van der Waals surface area contributed by atoms with Gasteiger partial charge in [0, 0.05) is 23.5 Å². The molecule has 0 aliphatic carbocycles. The maximum absolute atomic E-state index is 4.73. The highest BCUT2D eigenvalue weighted by Crippen LogP contribution is 2.29. The van der Waals surface area contributed by atoms with Gasteiger partial charge in [-0.1, -0.05) is 80.2 Å². The van der Waals surface area contributed by atoms with Crippen LogP contribution in [0.2, 0.25) is 0 Å². The Morgan fingerprint density at radius 3 is 1.77 bits per heavy atom. The average Bonchev–Trinajstić information content (AvgIpc) is 2.71. The Morgan fingerprint density at radius 1 is 0.846 bits per heavy atom. The molecule has 3 aromatic rings. The van der Waals surface area contributed by atoms with Crippen molar-refractivity contribution in [2.24, 2.45) is 4.99 Å². The molecule has 3 rings (SSSR count). The first-order valence-corrected chi connectivity index (χ1v) is 8.98. The zero-order chi connectivity index (χ0) is 18.2. The third-order valence-corrected chi connectivity index (χ3v) is 4.36. The first kappa shape index (κ1) is 17.7. The average molecular weight is 340 g/mol. The summed E-state index contributed by atoms with van der Waals surface area (Å²) in [5.41, 5.74) is 3.37. The van der Waals surface area contributed by atoms with Gasteiger partial charge in [0.1, 0.15) is 5.82 Å². The van der Waals surface area contributed by atoms with Crippen molar-refractivity contribution in [3.8, 4) is 0 Å². The molecule has 0 radical (unpaired) electrons. The summed E-state index contributed by atoms with van der Waals surface area (Å²) in [5.74, 6) is 0.984. The lowest BCUT2D eigenvalue weighted by Crippen LogP contribution is -2.14. The van der Waals surface area contributed by atoms with Crippen LogP contribution in [0.3, 0.4) is 0 Å². The lowest BCUT2D eigenvalue weighted by molar-refractivity contribution is 0.856. The third-order valence-electron chi connectivity index (χ3n) is 4.36. The number of benzene rings is 3. The van der Waals surface area contributed by atoms with E-state index in [2.05, 4.69) is 66.9 Å². The molecule has 0 spiro atoms. The molecule has 1 atom stereocenters. The predicted molar refractivity (Wildman–Crippen MR) is 112 cm³/mol. The summed E-state index contributed by atoms with van der Waals surface area (Å²) in [6.45, 7) is 6.41. The highest BCUT2D eigenvalue weighted by Gasteiger charge is 2.12. The summed E-state index contributed by atoms with van der Waals surface area (Å²) >= 11 is 0. The van der Waals surface area contributed by atoms with Crippen molar-refractivity contribution >= 4 is 17.6 Å². The van der Waals surface area contributed by atoms with Gasteiger partial charge in [-0.25, -0.2) is 4.99 Å². The van der Waals surface area contributed by atoms with Crippen LogP contribution >= 0.6 is 0 Å². The van der Waals surface area contributed by atoms with Crippen molar-refractivity contribution in [2.45, 2.75) is 19.3 Å². The summed E-state index contributed by atoms with van der Waals surface area (Å²) in [4.78, 5) is 6.81. The van der Waals surface area contributed by atoms with E-state index in [9.17, 15) is 0 Å². The summed E-state index contributed by atoms with van der Waals surface area (Å²) in [7, 11) is 0. The van der Waals surface area contributed by atoms with Crippen LogP contribution in [0, 0.1) is 0 Å². The van der Waals surface area contributed by atoms with E-state index >= 15 is 0 Å². The quantitative estimate of drug-likeness (QED) is 0.445. The van der Waals surface area contributed by atoms with Crippen molar-refractivity contribution in [2.75, 3.05) is 4.90 Å². The summed E-state index contributed by atoms with van der Waals surface area (Å²) in [5, 5.41) is 0. The Balaban J connectivity index is 1.88. The predicted octanol–water partition coefficient (Wildman–Crippen LogP) is 6.56. The number of rotatable bonds is 7. The molecule has 0 aliphatic heterocycles. The fourth-order valence-electron chi connectivity index (χ4n) is 2.96. The molecular weight excluding hydrogens is 316 g/mol. The summed E-state index contributed by atoms with van der Waals surface area (Å²) < 4.78 is 0. The molecule has 0 aliphatic rings. The SMILES string of the molecule is C=C(N=CC(CC)c1ccccc1)N(c1ccccc1)c1ccccc1. The van der Waals surface area contributed by atoms with Gasteiger partial charge in [0.15, 0.2) is 0 Å². The van der Waals surface area contributed by atoms with Crippen molar-refractivity contribution in [1.29, 1.82) is 0 Å². The molecular formula is C24H24N2. The minimum Gasteiger partial charge on any atom is -0.296 e. The van der Waals surface area contributed by atoms with Gasteiger partial charge >= 0.3 is 0 Å². The molecule has 130 valence electrons. The van der Waals surface area contributed by atoms with Crippen molar-refractivity contribution in [1.82, 2.24) is 0 Å². The lowest BCUT2D eigenvalue weighted by Gasteiger charge is -2.24. The molecule has 0 saturated carbocycles. The zero-order valence-electron chi connectivity index (χ0n) is 15.1. The molecule has 0 N–H and O–H groups in total. The minimum atomic E-state index is 0.279. The second-order valence-corrected chi connectivity index (χ2v) is 6.13. The van der Waals surface area contributed by atoms with E-state index in [-0.39, 0.29) is 5.92 Å². The van der Waals surface area contributed by atoms with Gasteiger partial charge in [0.2, 0.25) is 0 Å². The maximum atomic E-state index is 4.73. The number of anilines is 2. The van der Waals surface area contributed by atoms with E-state index in [1.54, 1.807) is 0 Å². The number of para-hydroxylation sites is 2. The van der Waals surface area contributed by atoms with Crippen LogP contribution in [-0.4, -0.2) is 6.21 Å². The van der Waals surface area contributed by atoms with Crippen molar-refractivity contribution in [3.05, 3.63) is 109 Å². The molecule has 1 unspecified atom stereocenters. The highest BCUT2D eigenvalue weighted by molar-refractivity contribution is 5.73. The first-order chi connectivity index (χ1) is 12.8. The van der Waals surface area contributed by atoms with Crippen LogP contribution in [0.1, 0.15) is 24.8 Å². The monoisotopic (exact) mass is 340 g/mol. The van der Waals surface area contributed by atoms with E-state index in [0.29, 0.717) is 5.82 Å². The molecule has 0 bridgehead atoms. The molecule has 0 heterocycles. The maximum Gasteiger partial charge on any atom is 0.129 e. The largest absolute Gasteiger partial charge is 0.296 e. The second kappa shape index (κ2) is 8.82. The van der Waals surface area contributed by atoms with Crippen molar-refractivity contribution < 1.29 is 0 Å². The summed E-state index contributed by atoms with van der Waals surface area (Å²) in [6, 6.07) is 30.9. The van der Waals surface area contributed by atoms with Gasteiger partial charge in [-0.15, -0.1) is 0 Å². The van der Waals surface area contributed by atoms with Crippen LogP contribution in [-0.2, 0) is 0 Å².